The van der Waals surface area contributed by atoms with Gasteiger partial charge in [0.05, 0.1) is 5.92 Å². The summed E-state index contributed by atoms with van der Waals surface area (Å²) >= 11 is 0. The van der Waals surface area contributed by atoms with Crippen LogP contribution in [0.2, 0.25) is 0 Å². The van der Waals surface area contributed by atoms with Crippen molar-refractivity contribution in [3.63, 3.8) is 0 Å². The van der Waals surface area contributed by atoms with Crippen LogP contribution in [0, 0.1) is 11.7 Å². The zero-order chi connectivity index (χ0) is 13.3. The molecule has 18 heavy (non-hydrogen) atoms. The largest absolute Gasteiger partial charge is 0.481 e. The summed E-state index contributed by atoms with van der Waals surface area (Å²) < 4.78 is 15.2. The summed E-state index contributed by atoms with van der Waals surface area (Å²) in [6, 6.07) is 6.53. The molecule has 2 rings (SSSR count). The highest BCUT2D eigenvalue weighted by atomic mass is 19.1. The maximum atomic E-state index is 13.2. The van der Waals surface area contributed by atoms with E-state index in [2.05, 4.69) is 0 Å². The van der Waals surface area contributed by atoms with Crippen LogP contribution in [-0.2, 0) is 17.8 Å². The molecule has 0 aliphatic heterocycles. The van der Waals surface area contributed by atoms with E-state index in [-0.39, 0.29) is 5.82 Å². The molecule has 0 fully saturated rings. The molecule has 4 heteroatoms. The second-order valence-electron chi connectivity index (χ2n) is 4.53. The van der Waals surface area contributed by atoms with Crippen molar-refractivity contribution < 1.29 is 14.3 Å². The molecule has 0 bridgehead atoms. The maximum absolute atomic E-state index is 13.2. The average Bonchev–Trinajstić information content (AvgIpc) is 2.64. The number of fused-ring (bicyclic) bond motifs is 1. The van der Waals surface area contributed by atoms with Gasteiger partial charge in [0.2, 0.25) is 0 Å². The van der Waals surface area contributed by atoms with Crippen LogP contribution < -0.4 is 0 Å². The van der Waals surface area contributed by atoms with Gasteiger partial charge in [-0.05, 0) is 31.2 Å². The molecule has 3 nitrogen and oxygen atoms in total. The number of aliphatic carboxylic acids is 1. The van der Waals surface area contributed by atoms with E-state index in [0.717, 1.165) is 23.1 Å². The number of benzene rings is 1. The van der Waals surface area contributed by atoms with E-state index in [0.29, 0.717) is 6.42 Å². The van der Waals surface area contributed by atoms with Crippen LogP contribution in [0.4, 0.5) is 4.39 Å². The van der Waals surface area contributed by atoms with Crippen LogP contribution in [0.25, 0.3) is 10.9 Å². The fraction of sp³-hybridized carbons (Fsp3) is 0.357. The summed E-state index contributed by atoms with van der Waals surface area (Å²) in [4.78, 5) is 10.9. The van der Waals surface area contributed by atoms with Gasteiger partial charge in [-0.15, -0.1) is 0 Å². The number of nitrogens with zero attached hydrogens (tertiary/aromatic N) is 1. The molecule has 96 valence electrons. The van der Waals surface area contributed by atoms with Gasteiger partial charge in [-0.3, -0.25) is 4.79 Å². The van der Waals surface area contributed by atoms with Gasteiger partial charge in [-0.1, -0.05) is 6.92 Å². The molecule has 1 heterocycles. The molecule has 0 saturated carbocycles. The summed E-state index contributed by atoms with van der Waals surface area (Å²) in [5.74, 6) is -1.52. The summed E-state index contributed by atoms with van der Waals surface area (Å²) in [5.41, 5.74) is 1.89. The highest BCUT2D eigenvalue weighted by Gasteiger charge is 2.16. The standard InChI is InChI=1S/C14H16FNO2/c1-3-16-12(6-9(2)14(17)18)8-10-7-11(15)4-5-13(10)16/h4-5,7-9H,3,6H2,1-2H3,(H,17,18). The van der Waals surface area contributed by atoms with Crippen molar-refractivity contribution in [1.29, 1.82) is 0 Å². The van der Waals surface area contributed by atoms with E-state index in [4.69, 9.17) is 5.11 Å². The van der Waals surface area contributed by atoms with Gasteiger partial charge in [-0.2, -0.15) is 0 Å². The van der Waals surface area contributed by atoms with E-state index in [1.54, 1.807) is 13.0 Å². The molecule has 1 N–H and O–H groups in total. The van der Waals surface area contributed by atoms with Crippen molar-refractivity contribution in [2.24, 2.45) is 5.92 Å². The van der Waals surface area contributed by atoms with E-state index in [9.17, 15) is 9.18 Å². The lowest BCUT2D eigenvalue weighted by Gasteiger charge is -2.10. The molecule has 0 amide bonds. The van der Waals surface area contributed by atoms with Crippen molar-refractivity contribution >= 4 is 16.9 Å². The van der Waals surface area contributed by atoms with Crippen LogP contribution in [-0.4, -0.2) is 15.6 Å². The number of halogens is 1. The second kappa shape index (κ2) is 4.80. The lowest BCUT2D eigenvalue weighted by molar-refractivity contribution is -0.141. The Kier molecular flexibility index (Phi) is 3.36. The van der Waals surface area contributed by atoms with Gasteiger partial charge in [-0.25, -0.2) is 4.39 Å². The first kappa shape index (κ1) is 12.6. The molecular weight excluding hydrogens is 233 g/mol. The van der Waals surface area contributed by atoms with Gasteiger partial charge in [0.1, 0.15) is 5.82 Å². The Morgan fingerprint density at radius 3 is 2.78 bits per heavy atom. The normalized spacial score (nSPS) is 12.8. The predicted molar refractivity (Wildman–Crippen MR) is 68.1 cm³/mol. The van der Waals surface area contributed by atoms with Crippen LogP contribution in [0.15, 0.2) is 24.3 Å². The lowest BCUT2D eigenvalue weighted by Crippen LogP contribution is -2.14. The Balaban J connectivity index is 2.47. The van der Waals surface area contributed by atoms with Crippen LogP contribution in [0.5, 0.6) is 0 Å². The SMILES string of the molecule is CCn1c(CC(C)C(=O)O)cc2cc(F)ccc21. The number of carboxylic acid groups (broad SMARTS) is 1. The number of carboxylic acids is 1. The smallest absolute Gasteiger partial charge is 0.306 e. The summed E-state index contributed by atoms with van der Waals surface area (Å²) in [6.07, 6.45) is 0.458. The molecule has 1 unspecified atom stereocenters. The molecule has 0 aliphatic carbocycles. The quantitative estimate of drug-likeness (QED) is 0.904. The minimum Gasteiger partial charge on any atom is -0.481 e. The van der Waals surface area contributed by atoms with Crippen molar-refractivity contribution in [3.8, 4) is 0 Å². The molecule has 0 spiro atoms. The Labute approximate surface area is 105 Å². The molecule has 1 aromatic carbocycles. The van der Waals surface area contributed by atoms with Crippen molar-refractivity contribution in [2.45, 2.75) is 26.8 Å². The number of hydrogen-bond donors (Lipinski definition) is 1. The van der Waals surface area contributed by atoms with Crippen molar-refractivity contribution in [1.82, 2.24) is 4.57 Å². The Morgan fingerprint density at radius 1 is 1.44 bits per heavy atom. The van der Waals surface area contributed by atoms with Gasteiger partial charge in [0, 0.05) is 29.6 Å². The third-order valence-electron chi connectivity index (χ3n) is 3.20. The molecule has 2 aromatic rings. The minimum absolute atomic E-state index is 0.270. The topological polar surface area (TPSA) is 42.2 Å². The number of carbonyl (C=O) groups is 1. The number of hydrogen-bond acceptors (Lipinski definition) is 1. The fourth-order valence-corrected chi connectivity index (χ4v) is 2.24. The lowest BCUT2D eigenvalue weighted by atomic mass is 10.1. The van der Waals surface area contributed by atoms with Crippen LogP contribution in [0.3, 0.4) is 0 Å². The van der Waals surface area contributed by atoms with E-state index in [1.807, 2.05) is 17.6 Å². The monoisotopic (exact) mass is 249 g/mol. The number of rotatable bonds is 4. The fourth-order valence-electron chi connectivity index (χ4n) is 2.24. The molecule has 0 aliphatic rings. The zero-order valence-electron chi connectivity index (χ0n) is 10.5. The van der Waals surface area contributed by atoms with E-state index in [1.165, 1.54) is 12.1 Å². The molecule has 0 saturated heterocycles. The molecular formula is C14H16FNO2. The number of aryl methyl sites for hydroxylation is 1. The van der Waals surface area contributed by atoms with Gasteiger partial charge in [0.25, 0.3) is 0 Å². The summed E-state index contributed by atoms with van der Waals surface area (Å²) in [5, 5.41) is 9.78. The van der Waals surface area contributed by atoms with Crippen LogP contribution >= 0.6 is 0 Å². The maximum Gasteiger partial charge on any atom is 0.306 e. The first-order valence-electron chi connectivity index (χ1n) is 6.03. The van der Waals surface area contributed by atoms with Gasteiger partial charge >= 0.3 is 5.97 Å². The summed E-state index contributed by atoms with van der Waals surface area (Å²) in [6.45, 7) is 4.43. The first-order valence-corrected chi connectivity index (χ1v) is 6.03. The highest BCUT2D eigenvalue weighted by molar-refractivity contribution is 5.81. The van der Waals surface area contributed by atoms with E-state index < -0.39 is 11.9 Å². The molecule has 0 radical (unpaired) electrons. The first-order chi connectivity index (χ1) is 8.52. The Hall–Kier alpha value is -1.84. The predicted octanol–water partition coefficient (Wildman–Crippen LogP) is 3.06. The summed E-state index contributed by atoms with van der Waals surface area (Å²) in [7, 11) is 0. The zero-order valence-corrected chi connectivity index (χ0v) is 10.5. The molecule has 1 atom stereocenters. The third kappa shape index (κ3) is 2.23. The minimum atomic E-state index is -0.811. The Bertz CT molecular complexity index is 589. The number of aromatic nitrogens is 1. The van der Waals surface area contributed by atoms with Gasteiger partial charge < -0.3 is 9.67 Å². The molecule has 1 aromatic heterocycles. The van der Waals surface area contributed by atoms with Crippen LogP contribution in [0.1, 0.15) is 19.5 Å². The Morgan fingerprint density at radius 2 is 2.17 bits per heavy atom. The highest BCUT2D eigenvalue weighted by Crippen LogP contribution is 2.23. The van der Waals surface area contributed by atoms with Crippen molar-refractivity contribution in [2.75, 3.05) is 0 Å². The third-order valence-corrected chi connectivity index (χ3v) is 3.20. The average molecular weight is 249 g/mol. The van der Waals surface area contributed by atoms with Crippen molar-refractivity contribution in [3.05, 3.63) is 35.8 Å². The van der Waals surface area contributed by atoms with Gasteiger partial charge in [0.15, 0.2) is 0 Å². The van der Waals surface area contributed by atoms with E-state index >= 15 is 0 Å². The second-order valence-corrected chi connectivity index (χ2v) is 4.53.